The minimum Gasteiger partial charge on any atom is -0.494 e. The first-order valence-electron chi connectivity index (χ1n) is 13.9. The van der Waals surface area contributed by atoms with Crippen LogP contribution in [-0.4, -0.2) is 29.4 Å². The lowest BCUT2D eigenvalue weighted by atomic mass is 9.90. The summed E-state index contributed by atoms with van der Waals surface area (Å²) in [5.74, 6) is -0.944. The average molecular weight is 544 g/mol. The molecule has 0 unspecified atom stereocenters. The molecule has 2 fully saturated rings. The number of hydrogen-bond donors (Lipinski definition) is 0. The summed E-state index contributed by atoms with van der Waals surface area (Å²) in [6, 6.07) is 21.8. The summed E-state index contributed by atoms with van der Waals surface area (Å²) in [6.07, 6.45) is 6.12. The third kappa shape index (κ3) is 5.56. The number of fused-ring (bicyclic) bond motifs is 1. The van der Waals surface area contributed by atoms with E-state index in [2.05, 4.69) is 6.92 Å². The van der Waals surface area contributed by atoms with E-state index < -0.39 is 34.8 Å². The molecule has 0 N–H and O–H groups in total. The monoisotopic (exact) mass is 543 g/mol. The molecular weight excluding hydrogens is 510 g/mol. The van der Waals surface area contributed by atoms with Crippen molar-refractivity contribution >= 4 is 28.9 Å². The van der Waals surface area contributed by atoms with Gasteiger partial charge in [0.2, 0.25) is 5.91 Å². The molecule has 0 bridgehead atoms. The summed E-state index contributed by atoms with van der Waals surface area (Å²) in [6.45, 7) is 2.86. The van der Waals surface area contributed by atoms with Crippen molar-refractivity contribution in [1.29, 1.82) is 0 Å². The van der Waals surface area contributed by atoms with Crippen LogP contribution in [0.3, 0.4) is 0 Å². The lowest BCUT2D eigenvalue weighted by Gasteiger charge is -2.28. The molecule has 0 radical (unpaired) electrons. The Hall–Kier alpha value is -4.24. The number of hydroxylamine groups is 1. The number of nitro benzene ring substituents is 1. The number of para-hydroxylation sites is 1. The number of imide groups is 1. The topological polar surface area (TPSA) is 102 Å². The molecule has 0 spiro atoms. The molecule has 3 atom stereocenters. The molecule has 2 amide bonds. The Morgan fingerprint density at radius 2 is 1.50 bits per heavy atom. The van der Waals surface area contributed by atoms with E-state index in [0.29, 0.717) is 6.61 Å². The van der Waals surface area contributed by atoms with Gasteiger partial charge in [-0.15, -0.1) is 0 Å². The molecule has 0 aliphatic carbocycles. The van der Waals surface area contributed by atoms with E-state index in [-0.39, 0.29) is 11.4 Å². The van der Waals surface area contributed by atoms with Crippen LogP contribution in [0.4, 0.5) is 17.1 Å². The van der Waals surface area contributed by atoms with Crippen molar-refractivity contribution in [3.63, 3.8) is 0 Å². The Bertz CT molecular complexity index is 1330. The zero-order valence-electron chi connectivity index (χ0n) is 22.5. The van der Waals surface area contributed by atoms with Crippen LogP contribution >= 0.6 is 0 Å². The van der Waals surface area contributed by atoms with Gasteiger partial charge in [-0.05, 0) is 48.4 Å². The van der Waals surface area contributed by atoms with Gasteiger partial charge in [-0.1, -0.05) is 69.4 Å². The van der Waals surface area contributed by atoms with Crippen molar-refractivity contribution in [3.05, 3.63) is 94.5 Å². The van der Waals surface area contributed by atoms with Crippen LogP contribution in [0, 0.1) is 16.0 Å². The number of hydrogen-bond acceptors (Lipinski definition) is 7. The van der Waals surface area contributed by atoms with Crippen molar-refractivity contribution in [3.8, 4) is 5.75 Å². The number of amides is 2. The molecule has 0 saturated carbocycles. The van der Waals surface area contributed by atoms with Gasteiger partial charge in [-0.25, -0.2) is 9.96 Å². The highest BCUT2D eigenvalue weighted by molar-refractivity contribution is 6.24. The number of ether oxygens (including phenoxy) is 1. The predicted molar refractivity (Wildman–Crippen MR) is 151 cm³/mol. The molecule has 2 aliphatic heterocycles. The second kappa shape index (κ2) is 12.3. The van der Waals surface area contributed by atoms with Crippen LogP contribution in [0.1, 0.15) is 57.1 Å². The molecule has 0 aromatic heterocycles. The average Bonchev–Trinajstić information content (AvgIpc) is 3.49. The highest BCUT2D eigenvalue weighted by Crippen LogP contribution is 2.47. The number of carbonyl (C=O) groups is 2. The fourth-order valence-corrected chi connectivity index (χ4v) is 5.36. The molecule has 208 valence electrons. The van der Waals surface area contributed by atoms with Crippen molar-refractivity contribution in [1.82, 2.24) is 0 Å². The van der Waals surface area contributed by atoms with Crippen molar-refractivity contribution in [2.45, 2.75) is 57.6 Å². The molecule has 9 heteroatoms. The zero-order chi connectivity index (χ0) is 28.1. The molecule has 2 aliphatic rings. The van der Waals surface area contributed by atoms with Gasteiger partial charge in [-0.2, -0.15) is 0 Å². The summed E-state index contributed by atoms with van der Waals surface area (Å²) in [7, 11) is 0. The van der Waals surface area contributed by atoms with E-state index in [4.69, 9.17) is 9.57 Å². The summed E-state index contributed by atoms with van der Waals surface area (Å²) in [5, 5.41) is 12.7. The number of carbonyl (C=O) groups excluding carboxylic acids is 2. The van der Waals surface area contributed by atoms with Crippen LogP contribution in [0.25, 0.3) is 0 Å². The molecule has 2 heterocycles. The number of benzene rings is 3. The Kier molecular flexibility index (Phi) is 8.40. The lowest BCUT2D eigenvalue weighted by Crippen LogP contribution is -2.37. The Morgan fingerprint density at radius 3 is 2.17 bits per heavy atom. The van der Waals surface area contributed by atoms with Gasteiger partial charge in [-0.3, -0.25) is 24.5 Å². The summed E-state index contributed by atoms with van der Waals surface area (Å²) in [4.78, 5) is 45.0. The van der Waals surface area contributed by atoms with E-state index in [1.54, 1.807) is 5.06 Å². The fraction of sp³-hybridized carbons (Fsp3) is 0.355. The number of anilines is 2. The van der Waals surface area contributed by atoms with Gasteiger partial charge >= 0.3 is 0 Å². The predicted octanol–water partition coefficient (Wildman–Crippen LogP) is 6.39. The number of nitro groups is 1. The first-order valence-corrected chi connectivity index (χ1v) is 13.9. The minimum absolute atomic E-state index is 0.119. The molecule has 3 aromatic carbocycles. The first-order chi connectivity index (χ1) is 19.5. The maximum atomic E-state index is 13.8. The Morgan fingerprint density at radius 1 is 0.825 bits per heavy atom. The number of unbranched alkanes of at least 4 members (excludes halogenated alkanes) is 5. The summed E-state index contributed by atoms with van der Waals surface area (Å²) >= 11 is 0. The maximum absolute atomic E-state index is 13.8. The fourth-order valence-electron chi connectivity index (χ4n) is 5.36. The Balaban J connectivity index is 1.35. The van der Waals surface area contributed by atoms with E-state index in [1.807, 2.05) is 54.6 Å². The first kappa shape index (κ1) is 27.3. The molecule has 3 aromatic rings. The molecule has 40 heavy (non-hydrogen) atoms. The maximum Gasteiger partial charge on any atom is 0.269 e. The van der Waals surface area contributed by atoms with Crippen molar-refractivity contribution in [2.75, 3.05) is 16.6 Å². The third-order valence-corrected chi connectivity index (χ3v) is 7.43. The highest BCUT2D eigenvalue weighted by atomic mass is 16.7. The van der Waals surface area contributed by atoms with E-state index in [9.17, 15) is 19.7 Å². The Labute approximate surface area is 233 Å². The molecule has 2 saturated heterocycles. The van der Waals surface area contributed by atoms with E-state index >= 15 is 0 Å². The lowest BCUT2D eigenvalue weighted by molar-refractivity contribution is -0.384. The SMILES string of the molecule is CCCCCCCCOc1ccc([C@H]2[C@@H]3C(=O)N(c4ccc([N+](=O)[O-])cc4)C(=O)[C@H]3ON2c2ccccc2)cc1. The van der Waals surface area contributed by atoms with Crippen LogP contribution in [0.15, 0.2) is 78.9 Å². The van der Waals surface area contributed by atoms with Crippen molar-refractivity contribution < 1.29 is 24.1 Å². The van der Waals surface area contributed by atoms with Gasteiger partial charge in [0.15, 0.2) is 6.10 Å². The number of rotatable bonds is 12. The van der Waals surface area contributed by atoms with Crippen LogP contribution in [0.5, 0.6) is 5.75 Å². The zero-order valence-corrected chi connectivity index (χ0v) is 22.5. The largest absolute Gasteiger partial charge is 0.494 e. The van der Waals surface area contributed by atoms with Gasteiger partial charge in [0.05, 0.1) is 28.9 Å². The molecular formula is C31H33N3O6. The second-order valence-electron chi connectivity index (χ2n) is 10.1. The van der Waals surface area contributed by atoms with Gasteiger partial charge < -0.3 is 4.74 Å². The molecule has 9 nitrogen and oxygen atoms in total. The van der Waals surface area contributed by atoms with E-state index in [1.165, 1.54) is 49.9 Å². The van der Waals surface area contributed by atoms with Gasteiger partial charge in [0, 0.05) is 12.1 Å². The third-order valence-electron chi connectivity index (χ3n) is 7.43. The number of nitrogens with zero attached hydrogens (tertiary/aromatic N) is 3. The highest BCUT2D eigenvalue weighted by Gasteiger charge is 2.60. The molecule has 5 rings (SSSR count). The van der Waals surface area contributed by atoms with Crippen LogP contribution in [0.2, 0.25) is 0 Å². The van der Waals surface area contributed by atoms with Crippen molar-refractivity contribution in [2.24, 2.45) is 5.92 Å². The number of non-ortho nitro benzene ring substituents is 1. The summed E-state index contributed by atoms with van der Waals surface area (Å²) < 4.78 is 5.95. The van der Waals surface area contributed by atoms with Gasteiger partial charge in [0.25, 0.3) is 11.6 Å². The van der Waals surface area contributed by atoms with Crippen LogP contribution < -0.4 is 14.7 Å². The van der Waals surface area contributed by atoms with E-state index in [0.717, 1.165) is 34.7 Å². The standard InChI is InChI=1S/C31H33N3O6/c1-2-3-4-5-6-10-21-39-26-19-13-22(14-20-26)28-27-29(40-33(28)24-11-8-7-9-12-24)31(36)32(30(27)35)23-15-17-25(18-16-23)34(37)38/h7-9,11-20,27-29H,2-6,10,21H2,1H3/t27-,28-,29-/m0/s1. The smallest absolute Gasteiger partial charge is 0.269 e. The summed E-state index contributed by atoms with van der Waals surface area (Å²) in [5.41, 5.74) is 1.70. The minimum atomic E-state index is -1.02. The quantitative estimate of drug-likeness (QED) is 0.113. The van der Waals surface area contributed by atoms with Crippen LogP contribution in [-0.2, 0) is 14.4 Å². The second-order valence-corrected chi connectivity index (χ2v) is 10.1. The normalized spacial score (nSPS) is 20.2. The van der Waals surface area contributed by atoms with Gasteiger partial charge in [0.1, 0.15) is 11.7 Å².